The largest absolute Gasteiger partial charge is 0.460 e. The first-order chi connectivity index (χ1) is 8.69. The van der Waals surface area contributed by atoms with Crippen LogP contribution in [0.25, 0.3) is 0 Å². The fraction of sp³-hybridized carbons (Fsp3) is 0.857. The lowest BCUT2D eigenvalue weighted by Gasteiger charge is -2.38. The van der Waals surface area contributed by atoms with E-state index in [1.165, 1.54) is 0 Å². The fourth-order valence-electron chi connectivity index (χ4n) is 2.26. The number of esters is 1. The second kappa shape index (κ2) is 6.37. The Bertz CT molecular complexity index is 336. The summed E-state index contributed by atoms with van der Waals surface area (Å²) < 4.78 is 5.20. The molecule has 1 aliphatic rings. The molecule has 1 fully saturated rings. The van der Waals surface area contributed by atoms with E-state index in [0.29, 0.717) is 0 Å². The second-order valence-corrected chi connectivity index (χ2v) is 6.28. The summed E-state index contributed by atoms with van der Waals surface area (Å²) in [7, 11) is 2.05. The lowest BCUT2D eigenvalue weighted by Crippen LogP contribution is -2.52. The summed E-state index contributed by atoms with van der Waals surface area (Å²) in [6, 6.07) is 0.213. The molecule has 19 heavy (non-hydrogen) atoms. The van der Waals surface area contributed by atoms with Crippen molar-refractivity contribution in [3.63, 3.8) is 0 Å². The molecular formula is C14H26N2O3. The van der Waals surface area contributed by atoms with Gasteiger partial charge in [-0.3, -0.25) is 9.59 Å². The molecule has 5 nitrogen and oxygen atoms in total. The summed E-state index contributed by atoms with van der Waals surface area (Å²) in [5.74, 6) is -0.255. The van der Waals surface area contributed by atoms with Gasteiger partial charge >= 0.3 is 5.97 Å². The van der Waals surface area contributed by atoms with Gasteiger partial charge in [0, 0.05) is 32.1 Å². The summed E-state index contributed by atoms with van der Waals surface area (Å²) in [5.41, 5.74) is -0.485. The van der Waals surface area contributed by atoms with Crippen LogP contribution in [0, 0.1) is 0 Å². The van der Waals surface area contributed by atoms with E-state index in [1.807, 2.05) is 32.6 Å². The molecule has 0 N–H and O–H groups in total. The summed E-state index contributed by atoms with van der Waals surface area (Å²) in [5, 5.41) is 0. The third-order valence-electron chi connectivity index (χ3n) is 3.11. The van der Waals surface area contributed by atoms with E-state index in [9.17, 15) is 9.59 Å². The third kappa shape index (κ3) is 5.59. The second-order valence-electron chi connectivity index (χ2n) is 6.28. The number of likely N-dealkylation sites (N-methyl/N-ethyl adjacent to an activating group) is 1. The van der Waals surface area contributed by atoms with Crippen molar-refractivity contribution >= 4 is 11.9 Å². The average molecular weight is 270 g/mol. The summed E-state index contributed by atoms with van der Waals surface area (Å²) in [6.45, 7) is 10.0. The van der Waals surface area contributed by atoms with Gasteiger partial charge in [-0.15, -0.1) is 0 Å². The van der Waals surface area contributed by atoms with Crippen LogP contribution in [-0.2, 0) is 14.3 Å². The minimum absolute atomic E-state index is 0.0476. The number of piperazine rings is 1. The molecule has 0 bridgehead atoms. The van der Waals surface area contributed by atoms with Gasteiger partial charge in [0.1, 0.15) is 5.60 Å². The van der Waals surface area contributed by atoms with Gasteiger partial charge in [-0.2, -0.15) is 0 Å². The maximum absolute atomic E-state index is 12.1. The fourth-order valence-corrected chi connectivity index (χ4v) is 2.26. The molecule has 1 heterocycles. The number of hydrogen-bond donors (Lipinski definition) is 0. The zero-order valence-electron chi connectivity index (χ0n) is 12.7. The molecule has 0 aromatic carbocycles. The molecule has 1 atom stereocenters. The first-order valence-electron chi connectivity index (χ1n) is 6.89. The van der Waals surface area contributed by atoms with Crippen LogP contribution in [0.4, 0.5) is 0 Å². The Balaban J connectivity index is 2.37. The van der Waals surface area contributed by atoms with Gasteiger partial charge in [0.15, 0.2) is 0 Å². The minimum Gasteiger partial charge on any atom is -0.460 e. The smallest absolute Gasteiger partial charge is 0.306 e. The Morgan fingerprint density at radius 2 is 1.84 bits per heavy atom. The predicted molar refractivity (Wildman–Crippen MR) is 73.8 cm³/mol. The Hall–Kier alpha value is -1.10. The third-order valence-corrected chi connectivity index (χ3v) is 3.11. The Morgan fingerprint density at radius 3 is 2.37 bits per heavy atom. The normalized spacial score (nSPS) is 21.3. The van der Waals surface area contributed by atoms with Crippen LogP contribution in [0.3, 0.4) is 0 Å². The molecule has 0 saturated carbocycles. The molecule has 1 aliphatic heterocycles. The monoisotopic (exact) mass is 270 g/mol. The van der Waals surface area contributed by atoms with E-state index in [4.69, 9.17) is 4.74 Å². The van der Waals surface area contributed by atoms with Crippen LogP contribution < -0.4 is 0 Å². The lowest BCUT2D eigenvalue weighted by atomic mass is 10.1. The molecule has 0 aromatic heterocycles. The van der Waals surface area contributed by atoms with Crippen molar-refractivity contribution in [2.45, 2.75) is 52.2 Å². The van der Waals surface area contributed by atoms with Gasteiger partial charge in [-0.1, -0.05) is 0 Å². The average Bonchev–Trinajstić information content (AvgIpc) is 2.23. The standard InChI is InChI=1S/C14H26N2O3/c1-11-10-15(5)8-9-16(11)12(17)6-7-13(18)19-14(2,3)4/h11H,6-10H2,1-5H3. The van der Waals surface area contributed by atoms with Crippen LogP contribution in [0.1, 0.15) is 40.5 Å². The van der Waals surface area contributed by atoms with Gasteiger partial charge in [0.25, 0.3) is 0 Å². The molecule has 0 spiro atoms. The number of nitrogens with zero attached hydrogens (tertiary/aromatic N) is 2. The van der Waals surface area contributed by atoms with E-state index >= 15 is 0 Å². The molecule has 1 unspecified atom stereocenters. The molecule has 0 aliphatic carbocycles. The highest BCUT2D eigenvalue weighted by atomic mass is 16.6. The Labute approximate surface area is 115 Å². The predicted octanol–water partition coefficient (Wildman–Crippen LogP) is 1.27. The Kier molecular flexibility index (Phi) is 5.35. The summed E-state index contributed by atoms with van der Waals surface area (Å²) in [4.78, 5) is 27.7. The first kappa shape index (κ1) is 16.0. The van der Waals surface area contributed by atoms with Crippen LogP contribution in [0.15, 0.2) is 0 Å². The zero-order chi connectivity index (χ0) is 14.6. The lowest BCUT2D eigenvalue weighted by molar-refractivity contribution is -0.156. The zero-order valence-corrected chi connectivity index (χ0v) is 12.7. The van der Waals surface area contributed by atoms with Gasteiger partial charge in [0.2, 0.25) is 5.91 Å². The van der Waals surface area contributed by atoms with E-state index < -0.39 is 5.60 Å². The highest BCUT2D eigenvalue weighted by Crippen LogP contribution is 2.13. The van der Waals surface area contributed by atoms with Crippen molar-refractivity contribution in [2.24, 2.45) is 0 Å². The molecular weight excluding hydrogens is 244 g/mol. The molecule has 1 saturated heterocycles. The van der Waals surface area contributed by atoms with E-state index in [0.717, 1.165) is 19.6 Å². The van der Waals surface area contributed by atoms with Crippen LogP contribution >= 0.6 is 0 Å². The number of ether oxygens (including phenoxy) is 1. The van der Waals surface area contributed by atoms with Gasteiger partial charge in [0.05, 0.1) is 6.42 Å². The van der Waals surface area contributed by atoms with Crippen molar-refractivity contribution in [1.29, 1.82) is 0 Å². The molecule has 110 valence electrons. The van der Waals surface area contributed by atoms with Crippen molar-refractivity contribution in [2.75, 3.05) is 26.7 Å². The topological polar surface area (TPSA) is 49.9 Å². The van der Waals surface area contributed by atoms with Gasteiger partial charge < -0.3 is 14.5 Å². The van der Waals surface area contributed by atoms with Crippen LogP contribution in [0.2, 0.25) is 0 Å². The molecule has 0 aromatic rings. The van der Waals surface area contributed by atoms with Crippen molar-refractivity contribution < 1.29 is 14.3 Å². The maximum Gasteiger partial charge on any atom is 0.306 e. The van der Waals surface area contributed by atoms with Crippen molar-refractivity contribution in [3.05, 3.63) is 0 Å². The molecule has 5 heteroatoms. The summed E-state index contributed by atoms with van der Waals surface area (Å²) in [6.07, 6.45) is 0.401. The molecule has 1 rings (SSSR count). The number of amides is 1. The summed E-state index contributed by atoms with van der Waals surface area (Å²) >= 11 is 0. The van der Waals surface area contributed by atoms with E-state index in [1.54, 1.807) is 0 Å². The molecule has 1 amide bonds. The number of carbonyl (C=O) groups is 2. The molecule has 0 radical (unpaired) electrons. The number of hydrogen-bond acceptors (Lipinski definition) is 4. The van der Waals surface area contributed by atoms with Crippen molar-refractivity contribution in [1.82, 2.24) is 9.80 Å². The number of rotatable bonds is 3. The SMILES string of the molecule is CC1CN(C)CCN1C(=O)CCC(=O)OC(C)(C)C. The van der Waals surface area contributed by atoms with E-state index in [-0.39, 0.29) is 30.8 Å². The first-order valence-corrected chi connectivity index (χ1v) is 6.89. The highest BCUT2D eigenvalue weighted by molar-refractivity contribution is 5.81. The van der Waals surface area contributed by atoms with Crippen molar-refractivity contribution in [3.8, 4) is 0 Å². The minimum atomic E-state index is -0.485. The van der Waals surface area contributed by atoms with E-state index in [2.05, 4.69) is 11.9 Å². The number of carbonyl (C=O) groups excluding carboxylic acids is 2. The van der Waals surface area contributed by atoms with Crippen LogP contribution in [-0.4, -0.2) is 60.0 Å². The van der Waals surface area contributed by atoms with Gasteiger partial charge in [-0.25, -0.2) is 0 Å². The quantitative estimate of drug-likeness (QED) is 0.725. The van der Waals surface area contributed by atoms with Gasteiger partial charge in [-0.05, 0) is 34.7 Å². The highest BCUT2D eigenvalue weighted by Gasteiger charge is 2.26. The van der Waals surface area contributed by atoms with Crippen LogP contribution in [0.5, 0.6) is 0 Å². The Morgan fingerprint density at radius 1 is 1.21 bits per heavy atom. The maximum atomic E-state index is 12.1.